The van der Waals surface area contributed by atoms with Crippen molar-refractivity contribution in [3.8, 4) is 0 Å². The number of carbonyl (C=O) groups is 2. The topological polar surface area (TPSA) is 112 Å². The Bertz CT molecular complexity index is 690. The van der Waals surface area contributed by atoms with Crippen LogP contribution in [0.1, 0.15) is 25.8 Å². The quantitative estimate of drug-likeness (QED) is 0.448. The Balaban J connectivity index is 3.03. The van der Waals surface area contributed by atoms with Crippen LogP contribution in [-0.2, 0) is 20.6 Å². The highest BCUT2D eigenvalue weighted by Gasteiger charge is 2.30. The summed E-state index contributed by atoms with van der Waals surface area (Å²) >= 11 is 0. The Morgan fingerprint density at radius 1 is 1.31 bits per heavy atom. The van der Waals surface area contributed by atoms with Crippen LogP contribution >= 0.6 is 8.60 Å². The van der Waals surface area contributed by atoms with Crippen molar-refractivity contribution < 1.29 is 41.8 Å². The van der Waals surface area contributed by atoms with Crippen molar-refractivity contribution in [1.82, 2.24) is 9.88 Å². The molecule has 164 valence electrons. The van der Waals surface area contributed by atoms with Crippen molar-refractivity contribution in [2.75, 3.05) is 25.3 Å². The summed E-state index contributed by atoms with van der Waals surface area (Å²) in [4.78, 5) is 47.8. The number of hydrogen-bond acceptors (Lipinski definition) is 7. The van der Waals surface area contributed by atoms with E-state index in [2.05, 4.69) is 14.2 Å². The van der Waals surface area contributed by atoms with E-state index in [9.17, 15) is 22.8 Å². The second-order valence-corrected chi connectivity index (χ2v) is 7.00. The lowest BCUT2D eigenvalue weighted by Crippen LogP contribution is -2.36. The molecule has 0 atom stereocenters. The maximum absolute atomic E-state index is 12.6. The van der Waals surface area contributed by atoms with Crippen LogP contribution in [-0.4, -0.2) is 58.2 Å². The zero-order valence-corrected chi connectivity index (χ0v) is 17.0. The molecular formula is C16H23F3N3O6P. The van der Waals surface area contributed by atoms with E-state index in [0.717, 1.165) is 4.90 Å². The molecule has 0 spiro atoms. The first-order valence-corrected chi connectivity index (χ1v) is 9.59. The van der Waals surface area contributed by atoms with Crippen molar-refractivity contribution in [2.45, 2.75) is 33.0 Å². The molecule has 0 aromatic carbocycles. The van der Waals surface area contributed by atoms with Gasteiger partial charge in [-0.3, -0.25) is 14.2 Å². The zero-order valence-electron chi connectivity index (χ0n) is 16.1. The maximum Gasteiger partial charge on any atom is 0.412 e. The highest BCUT2D eigenvalue weighted by Crippen LogP contribution is 2.25. The van der Waals surface area contributed by atoms with E-state index in [0.29, 0.717) is 5.56 Å². The van der Waals surface area contributed by atoms with Gasteiger partial charge in [-0.1, -0.05) is 19.9 Å². The molecule has 13 heteroatoms. The van der Waals surface area contributed by atoms with Gasteiger partial charge in [0.15, 0.2) is 0 Å². The fourth-order valence-electron chi connectivity index (χ4n) is 2.26. The highest BCUT2D eigenvalue weighted by atomic mass is 31.2. The summed E-state index contributed by atoms with van der Waals surface area (Å²) in [5.74, 6) is -0.409. The maximum atomic E-state index is 12.6. The van der Waals surface area contributed by atoms with Crippen molar-refractivity contribution in [3.63, 3.8) is 0 Å². The Labute approximate surface area is 167 Å². The third-order valence-electron chi connectivity index (χ3n) is 3.64. The van der Waals surface area contributed by atoms with Crippen LogP contribution in [0.15, 0.2) is 18.3 Å². The molecule has 0 fully saturated rings. The fourth-order valence-corrected chi connectivity index (χ4v) is 2.41. The molecule has 0 aliphatic carbocycles. The van der Waals surface area contributed by atoms with Gasteiger partial charge in [-0.05, 0) is 6.07 Å². The molecule has 1 aromatic rings. The number of aromatic nitrogens is 1. The Hall–Kier alpha value is -2.01. The highest BCUT2D eigenvalue weighted by molar-refractivity contribution is 7.39. The molecule has 29 heavy (non-hydrogen) atoms. The van der Waals surface area contributed by atoms with Crippen LogP contribution in [0.25, 0.3) is 0 Å². The summed E-state index contributed by atoms with van der Waals surface area (Å²) in [6, 6.07) is 3.05. The smallest absolute Gasteiger partial charge is 0.412 e. The minimum absolute atomic E-state index is 0.196. The largest absolute Gasteiger partial charge is 0.422 e. The van der Waals surface area contributed by atoms with E-state index in [4.69, 9.17) is 9.79 Å². The molecule has 0 aliphatic heterocycles. The molecule has 0 saturated heterocycles. The summed E-state index contributed by atoms with van der Waals surface area (Å²) in [5.41, 5.74) is 0.329. The van der Waals surface area contributed by atoms with Gasteiger partial charge in [0, 0.05) is 31.3 Å². The van der Waals surface area contributed by atoms with Gasteiger partial charge in [0.25, 0.3) is 0 Å². The van der Waals surface area contributed by atoms with E-state index >= 15 is 0 Å². The molecule has 1 heterocycles. The van der Waals surface area contributed by atoms with Crippen molar-refractivity contribution in [2.24, 2.45) is 5.92 Å². The minimum Gasteiger partial charge on any atom is -0.422 e. The molecule has 0 aliphatic rings. The van der Waals surface area contributed by atoms with E-state index in [1.165, 1.54) is 30.3 Å². The second-order valence-electron chi connectivity index (χ2n) is 6.23. The first kappa shape index (κ1) is 25.0. The van der Waals surface area contributed by atoms with Gasteiger partial charge in [-0.15, -0.1) is 0 Å². The standard InChI is InChI=1S/C16H23F3N3O6P/c1-11(2)14(23)21(3)13-12(5-4-7-20-13)9-22(8-6-16(17,18)19)15(24)27-10-28-29(25)26/h4-5,7,11,25-26H,6,8-10H2,1-3H3. The van der Waals surface area contributed by atoms with Crippen LogP contribution in [0.3, 0.4) is 0 Å². The van der Waals surface area contributed by atoms with Gasteiger partial charge in [-0.2, -0.15) is 13.2 Å². The lowest BCUT2D eigenvalue weighted by atomic mass is 10.1. The van der Waals surface area contributed by atoms with Gasteiger partial charge in [0.05, 0.1) is 13.0 Å². The number of anilines is 1. The lowest BCUT2D eigenvalue weighted by Gasteiger charge is -2.26. The Morgan fingerprint density at radius 2 is 1.97 bits per heavy atom. The lowest BCUT2D eigenvalue weighted by molar-refractivity contribution is -0.137. The molecule has 2 N–H and O–H groups in total. The summed E-state index contributed by atoms with van der Waals surface area (Å²) in [6.07, 6.45) is -5.54. The first-order chi connectivity index (χ1) is 13.4. The first-order valence-electron chi connectivity index (χ1n) is 8.43. The third-order valence-corrected chi connectivity index (χ3v) is 3.98. The molecule has 0 saturated carbocycles. The summed E-state index contributed by atoms with van der Waals surface area (Å²) in [7, 11) is -1.30. The SMILES string of the molecule is CC(C)C(=O)N(C)c1ncccc1CN(CCC(F)(F)F)C(=O)OCOP(O)O. The summed E-state index contributed by atoms with van der Waals surface area (Å²) in [5, 5.41) is 0. The predicted octanol–water partition coefficient (Wildman–Crippen LogP) is 2.78. The predicted molar refractivity (Wildman–Crippen MR) is 97.4 cm³/mol. The molecule has 1 rings (SSSR count). The van der Waals surface area contributed by atoms with Gasteiger partial charge in [-0.25, -0.2) is 9.78 Å². The number of carbonyl (C=O) groups excluding carboxylic acids is 2. The summed E-state index contributed by atoms with van der Waals surface area (Å²) in [6.45, 7) is 1.50. The Kier molecular flexibility index (Phi) is 9.71. The number of pyridine rings is 1. The average molecular weight is 441 g/mol. The zero-order chi connectivity index (χ0) is 22.2. The average Bonchev–Trinajstić information content (AvgIpc) is 2.62. The minimum atomic E-state index is -4.51. The van der Waals surface area contributed by atoms with Gasteiger partial charge >= 0.3 is 20.9 Å². The molecule has 0 radical (unpaired) electrons. The third kappa shape index (κ3) is 8.90. The van der Waals surface area contributed by atoms with E-state index in [-0.39, 0.29) is 24.2 Å². The second kappa shape index (κ2) is 11.2. The van der Waals surface area contributed by atoms with Crippen molar-refractivity contribution in [3.05, 3.63) is 23.9 Å². The van der Waals surface area contributed by atoms with Crippen LogP contribution in [0.4, 0.5) is 23.8 Å². The van der Waals surface area contributed by atoms with E-state index in [1.807, 2.05) is 0 Å². The number of halogens is 3. The molecule has 0 unspecified atom stereocenters. The van der Waals surface area contributed by atoms with Gasteiger partial charge < -0.3 is 19.4 Å². The number of hydrogen-bond donors (Lipinski definition) is 2. The van der Waals surface area contributed by atoms with E-state index < -0.39 is 40.6 Å². The number of alkyl halides is 3. The van der Waals surface area contributed by atoms with Crippen molar-refractivity contribution >= 4 is 26.4 Å². The molecular weight excluding hydrogens is 418 g/mol. The van der Waals surface area contributed by atoms with E-state index in [1.54, 1.807) is 13.8 Å². The normalized spacial score (nSPS) is 11.7. The van der Waals surface area contributed by atoms with Crippen LogP contribution < -0.4 is 4.90 Å². The number of rotatable bonds is 9. The number of nitrogens with zero attached hydrogens (tertiary/aromatic N) is 3. The number of ether oxygens (including phenoxy) is 1. The number of amides is 2. The Morgan fingerprint density at radius 3 is 2.52 bits per heavy atom. The monoisotopic (exact) mass is 441 g/mol. The van der Waals surface area contributed by atoms with Gasteiger partial charge in [0.2, 0.25) is 12.7 Å². The van der Waals surface area contributed by atoms with Crippen molar-refractivity contribution in [1.29, 1.82) is 0 Å². The summed E-state index contributed by atoms with van der Waals surface area (Å²) < 4.78 is 46.9. The van der Waals surface area contributed by atoms with Crippen LogP contribution in [0.5, 0.6) is 0 Å². The van der Waals surface area contributed by atoms with Gasteiger partial charge in [0.1, 0.15) is 5.82 Å². The molecule has 9 nitrogen and oxygen atoms in total. The molecule has 2 amide bonds. The van der Waals surface area contributed by atoms with Crippen LogP contribution in [0.2, 0.25) is 0 Å². The molecule has 1 aromatic heterocycles. The van der Waals surface area contributed by atoms with Crippen LogP contribution in [0, 0.1) is 5.92 Å². The fraction of sp³-hybridized carbons (Fsp3) is 0.562. The molecule has 0 bridgehead atoms.